The maximum Gasteiger partial charge on any atom is 0.165 e. The summed E-state index contributed by atoms with van der Waals surface area (Å²) in [6, 6.07) is 17.5. The van der Waals surface area contributed by atoms with Gasteiger partial charge in [0.05, 0.1) is 12.8 Å². The van der Waals surface area contributed by atoms with Gasteiger partial charge >= 0.3 is 0 Å². The topological polar surface area (TPSA) is 41.9 Å². The molecule has 3 aromatic rings. The number of benzene rings is 3. The fourth-order valence-electron chi connectivity index (χ4n) is 5.88. The van der Waals surface area contributed by atoms with Crippen molar-refractivity contribution in [2.24, 2.45) is 10.9 Å². The van der Waals surface area contributed by atoms with E-state index in [1.807, 2.05) is 38.1 Å². The highest BCUT2D eigenvalue weighted by molar-refractivity contribution is 6.06. The molecule has 43 heavy (non-hydrogen) atoms. The normalized spacial score (nSPS) is 17.5. The predicted octanol–water partition coefficient (Wildman–Crippen LogP) is 9.81. The van der Waals surface area contributed by atoms with Crippen molar-refractivity contribution in [2.75, 3.05) is 20.2 Å². The van der Waals surface area contributed by atoms with E-state index in [0.29, 0.717) is 40.3 Å². The fourth-order valence-corrected chi connectivity index (χ4v) is 5.88. The summed E-state index contributed by atoms with van der Waals surface area (Å²) in [5, 5.41) is 0. The van der Waals surface area contributed by atoms with E-state index in [9.17, 15) is 13.6 Å². The van der Waals surface area contributed by atoms with Crippen molar-refractivity contribution in [3.05, 3.63) is 83.4 Å². The molecule has 1 unspecified atom stereocenters. The van der Waals surface area contributed by atoms with Crippen LogP contribution in [0.5, 0.6) is 5.75 Å². The predicted molar refractivity (Wildman–Crippen MR) is 173 cm³/mol. The number of ketones is 1. The Morgan fingerprint density at radius 3 is 2.35 bits per heavy atom. The number of Topliss-reactive ketones (excluding diaryl/α,β-unsaturated/α-hetero) is 1. The molecule has 1 aliphatic carbocycles. The first-order valence-electron chi connectivity index (χ1n) is 15.9. The first-order valence-corrected chi connectivity index (χ1v) is 15.9. The first-order chi connectivity index (χ1) is 20.8. The van der Waals surface area contributed by atoms with Gasteiger partial charge in [0, 0.05) is 35.8 Å². The summed E-state index contributed by atoms with van der Waals surface area (Å²) in [7, 11) is 1.60. The lowest BCUT2D eigenvalue weighted by Gasteiger charge is -2.42. The summed E-state index contributed by atoms with van der Waals surface area (Å²) in [5.41, 5.74) is 3.68. The van der Waals surface area contributed by atoms with Crippen LogP contribution in [0.1, 0.15) is 94.5 Å². The van der Waals surface area contributed by atoms with Gasteiger partial charge in [0.2, 0.25) is 0 Å². The van der Waals surface area contributed by atoms with Gasteiger partial charge in [0.15, 0.2) is 17.4 Å². The van der Waals surface area contributed by atoms with E-state index in [-0.39, 0.29) is 5.78 Å². The molecule has 0 bridgehead atoms. The summed E-state index contributed by atoms with van der Waals surface area (Å²) in [6.07, 6.45) is 10.8. The molecule has 0 amide bonds. The molecule has 3 aromatic carbocycles. The van der Waals surface area contributed by atoms with Crippen LogP contribution < -0.4 is 4.74 Å². The summed E-state index contributed by atoms with van der Waals surface area (Å²) in [4.78, 5) is 20.4. The van der Waals surface area contributed by atoms with Gasteiger partial charge in [0.1, 0.15) is 5.75 Å². The van der Waals surface area contributed by atoms with Gasteiger partial charge in [-0.1, -0.05) is 57.4 Å². The van der Waals surface area contributed by atoms with Crippen LogP contribution in [0.3, 0.4) is 0 Å². The second-order valence-corrected chi connectivity index (χ2v) is 11.8. The fraction of sp³-hybridized carbons (Fsp3) is 0.459. The van der Waals surface area contributed by atoms with Gasteiger partial charge in [-0.05, 0) is 99.0 Å². The number of hydrogen-bond acceptors (Lipinski definition) is 4. The van der Waals surface area contributed by atoms with E-state index < -0.39 is 11.6 Å². The van der Waals surface area contributed by atoms with Crippen LogP contribution >= 0.6 is 0 Å². The van der Waals surface area contributed by atoms with Crippen LogP contribution in [0.4, 0.5) is 14.5 Å². The SMILES string of the molecule is CCC1CCCN(C2CCC2)C1.CCCCC(=O)c1cc(-c2ccc(F)c(F)c2)ccc1N=C(C)c1ccccc1OC. The second-order valence-electron chi connectivity index (χ2n) is 11.8. The lowest BCUT2D eigenvalue weighted by molar-refractivity contribution is 0.0759. The molecule has 1 atom stereocenters. The number of nitrogens with zero attached hydrogens (tertiary/aromatic N) is 2. The molecule has 2 aliphatic rings. The molecular weight excluding hydrogens is 542 g/mol. The monoisotopic (exact) mass is 588 g/mol. The number of methoxy groups -OCH3 is 1. The minimum absolute atomic E-state index is 0.0298. The quantitative estimate of drug-likeness (QED) is 0.175. The summed E-state index contributed by atoms with van der Waals surface area (Å²) < 4.78 is 32.5. The molecule has 6 heteroatoms. The van der Waals surface area contributed by atoms with Crippen LogP contribution in [0, 0.1) is 17.6 Å². The number of ether oxygens (including phenoxy) is 1. The molecule has 1 saturated carbocycles. The maximum absolute atomic E-state index is 13.7. The third-order valence-electron chi connectivity index (χ3n) is 8.81. The number of carbonyl (C=O) groups excluding carboxylic acids is 1. The Kier molecular flexibility index (Phi) is 12.0. The van der Waals surface area contributed by atoms with Gasteiger partial charge in [-0.2, -0.15) is 0 Å². The number of aliphatic imine (C=N–C) groups is 1. The van der Waals surface area contributed by atoms with Gasteiger partial charge in [0.25, 0.3) is 0 Å². The Balaban J connectivity index is 0.000000292. The minimum atomic E-state index is -0.925. The highest BCUT2D eigenvalue weighted by atomic mass is 19.2. The minimum Gasteiger partial charge on any atom is -0.496 e. The van der Waals surface area contributed by atoms with E-state index in [2.05, 4.69) is 11.8 Å². The number of rotatable bonds is 10. The number of hydrogen-bond donors (Lipinski definition) is 0. The zero-order chi connectivity index (χ0) is 30.8. The molecule has 0 spiro atoms. The standard InChI is InChI=1S/C26H25F2NO2.C11H21N/c1-4-5-9-25(30)21-15-18(19-11-13-22(27)23(28)16-19)12-14-24(21)29-17(2)20-8-6-7-10-26(20)31-3;1-2-10-5-4-8-12(9-10)11-6-3-7-11/h6-8,10-16H,4-5,9H2,1-3H3;10-11H,2-9H2,1H3. The smallest absolute Gasteiger partial charge is 0.165 e. The van der Waals surface area contributed by atoms with Gasteiger partial charge in [-0.3, -0.25) is 9.79 Å². The highest BCUT2D eigenvalue weighted by Crippen LogP contribution is 2.32. The first kappa shape index (κ1) is 32.5. The number of unbranched alkanes of at least 4 members (excludes halogenated alkanes) is 1. The zero-order valence-corrected chi connectivity index (χ0v) is 26.2. The summed E-state index contributed by atoms with van der Waals surface area (Å²) >= 11 is 0. The molecule has 1 heterocycles. The van der Waals surface area contributed by atoms with E-state index in [1.165, 1.54) is 57.7 Å². The number of likely N-dealkylation sites (tertiary alicyclic amines) is 1. The lowest BCUT2D eigenvalue weighted by atomic mass is 9.87. The van der Waals surface area contributed by atoms with Crippen LogP contribution in [-0.4, -0.2) is 42.6 Å². The van der Waals surface area contributed by atoms with Crippen LogP contribution in [-0.2, 0) is 0 Å². The Hall–Kier alpha value is -3.38. The third-order valence-corrected chi connectivity index (χ3v) is 8.81. The Bertz CT molecular complexity index is 1400. The molecule has 1 saturated heterocycles. The van der Waals surface area contributed by atoms with E-state index in [1.54, 1.807) is 25.3 Å². The molecule has 230 valence electrons. The number of para-hydroxylation sites is 1. The average molecular weight is 589 g/mol. The van der Waals surface area contributed by atoms with E-state index in [0.717, 1.165) is 42.5 Å². The van der Waals surface area contributed by atoms with Crippen molar-refractivity contribution in [3.63, 3.8) is 0 Å². The van der Waals surface area contributed by atoms with Crippen LogP contribution in [0.2, 0.25) is 0 Å². The average Bonchev–Trinajstić information content (AvgIpc) is 3.01. The molecule has 0 radical (unpaired) electrons. The Labute approximate surface area is 256 Å². The van der Waals surface area contributed by atoms with Crippen molar-refractivity contribution in [1.82, 2.24) is 4.90 Å². The van der Waals surface area contributed by atoms with Crippen LogP contribution in [0.25, 0.3) is 11.1 Å². The number of halogens is 2. The van der Waals surface area contributed by atoms with Gasteiger partial charge < -0.3 is 9.64 Å². The van der Waals surface area contributed by atoms with Crippen molar-refractivity contribution in [2.45, 2.75) is 84.6 Å². The van der Waals surface area contributed by atoms with Crippen LogP contribution in [0.15, 0.2) is 65.7 Å². The highest BCUT2D eigenvalue weighted by Gasteiger charge is 2.28. The molecule has 0 aromatic heterocycles. The largest absolute Gasteiger partial charge is 0.496 e. The van der Waals surface area contributed by atoms with Crippen molar-refractivity contribution < 1.29 is 18.3 Å². The van der Waals surface area contributed by atoms with Gasteiger partial charge in [-0.15, -0.1) is 0 Å². The Morgan fingerprint density at radius 2 is 1.67 bits per heavy atom. The Morgan fingerprint density at radius 1 is 0.930 bits per heavy atom. The van der Waals surface area contributed by atoms with Crippen molar-refractivity contribution in [3.8, 4) is 16.9 Å². The molecule has 2 fully saturated rings. The van der Waals surface area contributed by atoms with Crippen molar-refractivity contribution >= 4 is 17.2 Å². The van der Waals surface area contributed by atoms with E-state index >= 15 is 0 Å². The summed E-state index contributed by atoms with van der Waals surface area (Å²) in [5.74, 6) is -0.152. The zero-order valence-electron chi connectivity index (χ0n) is 26.2. The lowest BCUT2D eigenvalue weighted by Crippen LogP contribution is -2.45. The molecule has 1 aliphatic heterocycles. The maximum atomic E-state index is 13.7. The summed E-state index contributed by atoms with van der Waals surface area (Å²) in [6.45, 7) is 9.02. The van der Waals surface area contributed by atoms with Crippen molar-refractivity contribution in [1.29, 1.82) is 0 Å². The molecule has 5 rings (SSSR count). The number of piperidine rings is 1. The number of carbonyl (C=O) groups is 1. The molecule has 4 nitrogen and oxygen atoms in total. The van der Waals surface area contributed by atoms with E-state index in [4.69, 9.17) is 9.73 Å². The second kappa shape index (κ2) is 15.9. The molecular formula is C37H46F2N2O2. The van der Waals surface area contributed by atoms with Gasteiger partial charge in [-0.25, -0.2) is 8.78 Å². The third kappa shape index (κ3) is 8.60. The molecule has 0 N–H and O–H groups in total.